The maximum absolute atomic E-state index is 12.8. The molecule has 0 radical (unpaired) electrons. The second-order valence-electron chi connectivity index (χ2n) is 7.31. The fourth-order valence-corrected chi connectivity index (χ4v) is 3.99. The lowest BCUT2D eigenvalue weighted by Gasteiger charge is -2.23. The van der Waals surface area contributed by atoms with Crippen molar-refractivity contribution in [2.75, 3.05) is 20.3 Å². The van der Waals surface area contributed by atoms with Crippen LogP contribution in [0.5, 0.6) is 0 Å². The molecule has 1 atom stereocenters. The summed E-state index contributed by atoms with van der Waals surface area (Å²) in [7, 11) is 1.32. The van der Waals surface area contributed by atoms with E-state index in [1.807, 2.05) is 25.1 Å². The van der Waals surface area contributed by atoms with Gasteiger partial charge in [0, 0.05) is 19.6 Å². The summed E-state index contributed by atoms with van der Waals surface area (Å²) in [5.41, 5.74) is 3.35. The predicted octanol–water partition coefficient (Wildman–Crippen LogP) is 4.06. The molecule has 2 aromatic rings. The number of amides is 1. The van der Waals surface area contributed by atoms with Gasteiger partial charge in [0.05, 0.1) is 17.7 Å². The molecule has 0 spiro atoms. The van der Waals surface area contributed by atoms with E-state index in [0.717, 1.165) is 37.2 Å². The fraction of sp³-hybridized carbons (Fsp3) is 0.391. The first-order valence-electron chi connectivity index (χ1n) is 9.80. The number of carbonyl (C=O) groups is 2. The molecule has 1 N–H and O–H groups in total. The van der Waals surface area contributed by atoms with Gasteiger partial charge in [0.15, 0.2) is 0 Å². The Morgan fingerprint density at radius 3 is 2.48 bits per heavy atom. The van der Waals surface area contributed by atoms with Crippen LogP contribution in [0.3, 0.4) is 0 Å². The highest BCUT2D eigenvalue weighted by Crippen LogP contribution is 2.27. The van der Waals surface area contributed by atoms with Crippen LogP contribution in [0.2, 0.25) is 5.02 Å². The van der Waals surface area contributed by atoms with E-state index < -0.39 is 12.0 Å². The highest BCUT2D eigenvalue weighted by molar-refractivity contribution is 6.34. The second kappa shape index (κ2) is 9.90. The quantitative estimate of drug-likeness (QED) is 0.722. The van der Waals surface area contributed by atoms with Crippen molar-refractivity contribution >= 4 is 23.5 Å². The summed E-state index contributed by atoms with van der Waals surface area (Å²) in [5, 5.41) is 3.13. The van der Waals surface area contributed by atoms with Crippen LogP contribution in [0.1, 0.15) is 45.8 Å². The summed E-state index contributed by atoms with van der Waals surface area (Å²) in [4.78, 5) is 25.0. The van der Waals surface area contributed by atoms with Gasteiger partial charge in [-0.25, -0.2) is 4.79 Å². The standard InChI is InChI=1S/C23H26ClNO4/c1-15-4-3-5-19(24)21(15)22(26)25-20(23(27)28-2)14-16-6-8-17(9-7-16)18-10-12-29-13-11-18/h3-9,18,20H,10-14H2,1-2H3,(H,25,26)/t20-/m0/s1. The number of ether oxygens (including phenoxy) is 2. The lowest BCUT2D eigenvalue weighted by molar-refractivity contribution is -0.142. The molecular weight excluding hydrogens is 390 g/mol. The maximum Gasteiger partial charge on any atom is 0.328 e. The number of esters is 1. The van der Waals surface area contributed by atoms with E-state index in [9.17, 15) is 9.59 Å². The molecule has 0 saturated carbocycles. The summed E-state index contributed by atoms with van der Waals surface area (Å²) in [6.07, 6.45) is 2.39. The van der Waals surface area contributed by atoms with Crippen LogP contribution < -0.4 is 5.32 Å². The molecule has 1 amide bonds. The summed E-state index contributed by atoms with van der Waals surface area (Å²) in [5.74, 6) is -0.365. The van der Waals surface area contributed by atoms with Crippen molar-refractivity contribution < 1.29 is 19.1 Å². The van der Waals surface area contributed by atoms with E-state index >= 15 is 0 Å². The molecule has 0 aliphatic carbocycles. The van der Waals surface area contributed by atoms with Gasteiger partial charge in [-0.05, 0) is 48.4 Å². The molecule has 2 aromatic carbocycles. The number of methoxy groups -OCH3 is 1. The molecule has 0 unspecified atom stereocenters. The Kier molecular flexibility index (Phi) is 7.29. The van der Waals surface area contributed by atoms with E-state index in [0.29, 0.717) is 22.9 Å². The van der Waals surface area contributed by atoms with E-state index in [4.69, 9.17) is 21.1 Å². The molecule has 5 nitrogen and oxygen atoms in total. The summed E-state index contributed by atoms with van der Waals surface area (Å²) in [6, 6.07) is 12.7. The molecule has 1 aliphatic rings. The van der Waals surface area contributed by atoms with Crippen LogP contribution in [-0.4, -0.2) is 38.2 Å². The molecule has 1 heterocycles. The maximum atomic E-state index is 12.8. The minimum Gasteiger partial charge on any atom is -0.467 e. The first-order chi connectivity index (χ1) is 14.0. The van der Waals surface area contributed by atoms with Gasteiger partial charge in [0.2, 0.25) is 0 Å². The van der Waals surface area contributed by atoms with Gasteiger partial charge in [-0.15, -0.1) is 0 Å². The number of carbonyl (C=O) groups excluding carboxylic acids is 2. The number of hydrogen-bond donors (Lipinski definition) is 1. The topological polar surface area (TPSA) is 64.6 Å². The normalized spacial score (nSPS) is 15.6. The van der Waals surface area contributed by atoms with Crippen LogP contribution in [0, 0.1) is 6.92 Å². The molecule has 6 heteroatoms. The lowest BCUT2D eigenvalue weighted by Crippen LogP contribution is -2.43. The molecule has 154 valence electrons. The second-order valence-corrected chi connectivity index (χ2v) is 7.72. The van der Waals surface area contributed by atoms with Gasteiger partial charge < -0.3 is 14.8 Å². The minimum atomic E-state index is -0.794. The van der Waals surface area contributed by atoms with Crippen LogP contribution in [0.15, 0.2) is 42.5 Å². The molecule has 0 aromatic heterocycles. The average Bonchev–Trinajstić information content (AvgIpc) is 2.73. The van der Waals surface area contributed by atoms with Crippen LogP contribution in [-0.2, 0) is 20.7 Å². The first-order valence-corrected chi connectivity index (χ1v) is 10.2. The van der Waals surface area contributed by atoms with Gasteiger partial charge in [-0.2, -0.15) is 0 Å². The summed E-state index contributed by atoms with van der Waals surface area (Å²) in [6.45, 7) is 3.40. The number of halogens is 1. The Balaban J connectivity index is 1.72. The van der Waals surface area contributed by atoms with E-state index in [1.165, 1.54) is 12.7 Å². The molecular formula is C23H26ClNO4. The summed E-state index contributed by atoms with van der Waals surface area (Å²) < 4.78 is 10.3. The Morgan fingerprint density at radius 2 is 1.86 bits per heavy atom. The monoisotopic (exact) mass is 415 g/mol. The zero-order valence-electron chi connectivity index (χ0n) is 16.7. The largest absolute Gasteiger partial charge is 0.467 e. The van der Waals surface area contributed by atoms with Gasteiger partial charge in [0.25, 0.3) is 5.91 Å². The van der Waals surface area contributed by atoms with Gasteiger partial charge in [0.1, 0.15) is 6.04 Å². The molecule has 3 rings (SSSR count). The molecule has 1 saturated heterocycles. The number of nitrogens with one attached hydrogen (secondary N) is 1. The highest BCUT2D eigenvalue weighted by Gasteiger charge is 2.24. The Hall–Kier alpha value is -2.37. The smallest absolute Gasteiger partial charge is 0.328 e. The van der Waals surface area contributed by atoms with Crippen molar-refractivity contribution in [1.29, 1.82) is 0 Å². The number of benzene rings is 2. The van der Waals surface area contributed by atoms with Crippen molar-refractivity contribution in [3.63, 3.8) is 0 Å². The fourth-order valence-electron chi connectivity index (χ4n) is 3.68. The minimum absolute atomic E-state index is 0.343. The number of aryl methyl sites for hydroxylation is 1. The molecule has 1 aliphatic heterocycles. The molecule has 0 bridgehead atoms. The van der Waals surface area contributed by atoms with Gasteiger partial charge in [-0.1, -0.05) is 48.0 Å². The van der Waals surface area contributed by atoms with E-state index in [1.54, 1.807) is 12.1 Å². The molecule has 29 heavy (non-hydrogen) atoms. The Labute approximate surface area is 176 Å². The Bertz CT molecular complexity index is 839. The van der Waals surface area contributed by atoms with Crippen molar-refractivity contribution in [2.24, 2.45) is 0 Å². The van der Waals surface area contributed by atoms with Crippen LogP contribution in [0.4, 0.5) is 0 Å². The van der Waals surface area contributed by atoms with E-state index in [2.05, 4.69) is 17.4 Å². The highest BCUT2D eigenvalue weighted by atomic mass is 35.5. The van der Waals surface area contributed by atoms with Crippen molar-refractivity contribution in [3.8, 4) is 0 Å². The third-order valence-electron chi connectivity index (χ3n) is 5.35. The van der Waals surface area contributed by atoms with Gasteiger partial charge >= 0.3 is 5.97 Å². The van der Waals surface area contributed by atoms with Gasteiger partial charge in [-0.3, -0.25) is 4.79 Å². The predicted molar refractivity (Wildman–Crippen MR) is 112 cm³/mol. The lowest BCUT2D eigenvalue weighted by atomic mass is 9.90. The number of rotatable bonds is 6. The van der Waals surface area contributed by atoms with E-state index in [-0.39, 0.29) is 5.91 Å². The van der Waals surface area contributed by atoms with Crippen molar-refractivity contribution in [3.05, 3.63) is 69.7 Å². The Morgan fingerprint density at radius 1 is 1.17 bits per heavy atom. The van der Waals surface area contributed by atoms with Crippen LogP contribution >= 0.6 is 11.6 Å². The first kappa shape index (κ1) is 21.3. The zero-order valence-corrected chi connectivity index (χ0v) is 17.5. The number of hydrogen-bond acceptors (Lipinski definition) is 4. The van der Waals surface area contributed by atoms with Crippen LogP contribution in [0.25, 0.3) is 0 Å². The average molecular weight is 416 g/mol. The third kappa shape index (κ3) is 5.37. The molecule has 1 fully saturated rings. The summed E-state index contributed by atoms with van der Waals surface area (Å²) >= 11 is 6.19. The van der Waals surface area contributed by atoms with Crippen molar-refractivity contribution in [1.82, 2.24) is 5.32 Å². The SMILES string of the molecule is COC(=O)[C@H](Cc1ccc(C2CCOCC2)cc1)NC(=O)c1c(C)cccc1Cl. The third-order valence-corrected chi connectivity index (χ3v) is 5.67. The zero-order chi connectivity index (χ0) is 20.8. The van der Waals surface area contributed by atoms with Crippen molar-refractivity contribution in [2.45, 2.75) is 38.1 Å².